The number of carbonyl (C=O) groups excluding carboxylic acids is 3. The van der Waals surface area contributed by atoms with Crippen LogP contribution in [0.4, 0.5) is 16.2 Å². The second-order valence-corrected chi connectivity index (χ2v) is 6.35. The van der Waals surface area contributed by atoms with Gasteiger partial charge in [0.2, 0.25) is 12.7 Å². The van der Waals surface area contributed by atoms with Gasteiger partial charge in [0.15, 0.2) is 11.5 Å². The van der Waals surface area contributed by atoms with Crippen molar-refractivity contribution in [2.45, 2.75) is 0 Å². The highest BCUT2D eigenvalue weighted by Gasteiger charge is 2.34. The number of nitrogens with zero attached hydrogens (tertiary/aromatic N) is 2. The van der Waals surface area contributed by atoms with Crippen LogP contribution in [-0.2, 0) is 9.59 Å². The normalized spacial score (nSPS) is 15.6. The summed E-state index contributed by atoms with van der Waals surface area (Å²) in [5.41, 5.74) is 1.69. The molecule has 28 heavy (non-hydrogen) atoms. The summed E-state index contributed by atoms with van der Waals surface area (Å²) >= 11 is 0. The monoisotopic (exact) mass is 379 g/mol. The van der Waals surface area contributed by atoms with Gasteiger partial charge in [-0.3, -0.25) is 9.59 Å². The summed E-state index contributed by atoms with van der Waals surface area (Å²) in [4.78, 5) is 38.8. The summed E-state index contributed by atoms with van der Waals surface area (Å²) in [7, 11) is 1.56. The van der Waals surface area contributed by atoms with E-state index in [-0.39, 0.29) is 25.2 Å². The van der Waals surface area contributed by atoms with Crippen molar-refractivity contribution in [3.8, 4) is 11.5 Å². The van der Waals surface area contributed by atoms with Crippen LogP contribution < -0.4 is 19.7 Å². The van der Waals surface area contributed by atoms with E-state index in [1.54, 1.807) is 49.5 Å². The Morgan fingerprint density at radius 3 is 2.71 bits per heavy atom. The number of anilines is 2. The highest BCUT2D eigenvalue weighted by atomic mass is 16.7. The number of amides is 4. The summed E-state index contributed by atoms with van der Waals surface area (Å²) in [6.45, 7) is 0.227. The molecule has 0 saturated carbocycles. The highest BCUT2D eigenvalue weighted by Crippen LogP contribution is 2.32. The van der Waals surface area contributed by atoms with E-state index in [1.165, 1.54) is 11.0 Å². The SMILES string of the molecule is CN1CC(=O)N(c2cccc(NC(=O)C=Cc3ccc4c(c3)OCO4)c2)C1=O. The number of nitrogens with one attached hydrogen (secondary N) is 1. The summed E-state index contributed by atoms with van der Waals surface area (Å²) in [5.74, 6) is 0.667. The zero-order chi connectivity index (χ0) is 19.7. The Hall–Kier alpha value is -3.81. The van der Waals surface area contributed by atoms with Gasteiger partial charge < -0.3 is 19.7 Å². The molecule has 0 aliphatic carbocycles. The van der Waals surface area contributed by atoms with E-state index in [9.17, 15) is 14.4 Å². The van der Waals surface area contributed by atoms with E-state index in [0.717, 1.165) is 10.5 Å². The molecule has 2 heterocycles. The zero-order valence-corrected chi connectivity index (χ0v) is 15.0. The summed E-state index contributed by atoms with van der Waals surface area (Å²) in [6, 6.07) is 11.6. The summed E-state index contributed by atoms with van der Waals surface area (Å²) in [5, 5.41) is 2.72. The Balaban J connectivity index is 1.45. The van der Waals surface area contributed by atoms with Crippen LogP contribution in [0.25, 0.3) is 6.08 Å². The van der Waals surface area contributed by atoms with E-state index in [2.05, 4.69) is 5.32 Å². The van der Waals surface area contributed by atoms with Gasteiger partial charge in [0.05, 0.1) is 5.69 Å². The fraction of sp³-hybridized carbons (Fsp3) is 0.150. The molecule has 1 N–H and O–H groups in total. The Labute approximate surface area is 160 Å². The number of carbonyl (C=O) groups is 3. The minimum atomic E-state index is -0.392. The molecule has 0 unspecified atom stereocenters. The van der Waals surface area contributed by atoms with E-state index in [4.69, 9.17) is 9.47 Å². The molecular formula is C20H17N3O5. The lowest BCUT2D eigenvalue weighted by Gasteiger charge is -2.15. The van der Waals surface area contributed by atoms with Gasteiger partial charge in [-0.1, -0.05) is 12.1 Å². The van der Waals surface area contributed by atoms with Crippen LogP contribution in [-0.4, -0.2) is 43.1 Å². The first-order chi connectivity index (χ1) is 13.5. The lowest BCUT2D eigenvalue weighted by atomic mass is 10.2. The van der Waals surface area contributed by atoms with Crippen molar-refractivity contribution in [3.63, 3.8) is 0 Å². The van der Waals surface area contributed by atoms with Gasteiger partial charge in [-0.05, 0) is 42.0 Å². The molecule has 142 valence electrons. The lowest BCUT2D eigenvalue weighted by Crippen LogP contribution is -2.31. The lowest BCUT2D eigenvalue weighted by molar-refractivity contribution is -0.116. The molecule has 0 spiro atoms. The first-order valence-electron chi connectivity index (χ1n) is 8.58. The Morgan fingerprint density at radius 1 is 1.11 bits per heavy atom. The van der Waals surface area contributed by atoms with Crippen molar-refractivity contribution in [1.82, 2.24) is 4.90 Å². The average Bonchev–Trinajstić information content (AvgIpc) is 3.24. The number of likely N-dealkylation sites (N-methyl/N-ethyl adjacent to an activating group) is 1. The molecule has 0 bridgehead atoms. The quantitative estimate of drug-likeness (QED) is 0.651. The first-order valence-corrected chi connectivity index (χ1v) is 8.58. The van der Waals surface area contributed by atoms with Crippen LogP contribution >= 0.6 is 0 Å². The summed E-state index contributed by atoms with van der Waals surface area (Å²) in [6.07, 6.45) is 3.05. The van der Waals surface area contributed by atoms with Crippen molar-refractivity contribution in [2.75, 3.05) is 30.6 Å². The van der Waals surface area contributed by atoms with E-state index in [0.29, 0.717) is 22.9 Å². The molecule has 2 aliphatic heterocycles. The third kappa shape index (κ3) is 3.39. The number of hydrogen-bond acceptors (Lipinski definition) is 5. The molecular weight excluding hydrogens is 362 g/mol. The first kappa shape index (κ1) is 17.6. The molecule has 0 radical (unpaired) electrons. The number of imide groups is 1. The Kier molecular flexibility index (Phi) is 4.44. The maximum Gasteiger partial charge on any atom is 0.331 e. The predicted molar refractivity (Wildman–Crippen MR) is 102 cm³/mol. The molecule has 1 saturated heterocycles. The number of fused-ring (bicyclic) bond motifs is 1. The van der Waals surface area contributed by atoms with Gasteiger partial charge in [-0.25, -0.2) is 9.69 Å². The fourth-order valence-corrected chi connectivity index (χ4v) is 2.97. The minimum Gasteiger partial charge on any atom is -0.454 e. The van der Waals surface area contributed by atoms with Crippen molar-refractivity contribution in [2.24, 2.45) is 0 Å². The largest absolute Gasteiger partial charge is 0.454 e. The number of rotatable bonds is 4. The van der Waals surface area contributed by atoms with Crippen molar-refractivity contribution >= 4 is 35.3 Å². The molecule has 2 aromatic carbocycles. The van der Waals surface area contributed by atoms with Crippen LogP contribution in [0.5, 0.6) is 11.5 Å². The van der Waals surface area contributed by atoms with Gasteiger partial charge in [0.25, 0.3) is 5.91 Å². The molecule has 0 atom stereocenters. The summed E-state index contributed by atoms with van der Waals surface area (Å²) < 4.78 is 10.6. The minimum absolute atomic E-state index is 0.0354. The Bertz CT molecular complexity index is 1000. The second-order valence-electron chi connectivity index (χ2n) is 6.35. The van der Waals surface area contributed by atoms with Crippen molar-refractivity contribution in [1.29, 1.82) is 0 Å². The van der Waals surface area contributed by atoms with Gasteiger partial charge >= 0.3 is 6.03 Å². The topological polar surface area (TPSA) is 88.2 Å². The average molecular weight is 379 g/mol. The number of ether oxygens (including phenoxy) is 2. The van der Waals surface area contributed by atoms with Crippen LogP contribution in [0.1, 0.15) is 5.56 Å². The Morgan fingerprint density at radius 2 is 1.93 bits per heavy atom. The van der Waals surface area contributed by atoms with Gasteiger partial charge in [-0.2, -0.15) is 0 Å². The van der Waals surface area contributed by atoms with E-state index < -0.39 is 6.03 Å². The van der Waals surface area contributed by atoms with E-state index in [1.807, 2.05) is 6.07 Å². The van der Waals surface area contributed by atoms with Crippen molar-refractivity contribution in [3.05, 3.63) is 54.1 Å². The molecule has 8 nitrogen and oxygen atoms in total. The smallest absolute Gasteiger partial charge is 0.331 e. The second kappa shape index (κ2) is 7.07. The molecule has 2 aliphatic rings. The van der Waals surface area contributed by atoms with Crippen molar-refractivity contribution < 1.29 is 23.9 Å². The van der Waals surface area contributed by atoms with Crippen LogP contribution in [0.3, 0.4) is 0 Å². The third-order valence-corrected chi connectivity index (χ3v) is 4.34. The van der Waals surface area contributed by atoms with Crippen LogP contribution in [0.15, 0.2) is 48.5 Å². The fourth-order valence-electron chi connectivity index (χ4n) is 2.97. The molecule has 4 amide bonds. The number of hydrogen-bond donors (Lipinski definition) is 1. The molecule has 4 rings (SSSR count). The predicted octanol–water partition coefficient (Wildman–Crippen LogP) is 2.47. The molecule has 8 heteroatoms. The number of urea groups is 1. The zero-order valence-electron chi connectivity index (χ0n) is 15.0. The van der Waals surface area contributed by atoms with Gasteiger partial charge in [-0.15, -0.1) is 0 Å². The van der Waals surface area contributed by atoms with Gasteiger partial charge in [0.1, 0.15) is 6.54 Å². The van der Waals surface area contributed by atoms with Crippen LogP contribution in [0.2, 0.25) is 0 Å². The maximum atomic E-state index is 12.2. The molecule has 1 fully saturated rings. The third-order valence-electron chi connectivity index (χ3n) is 4.34. The molecule has 0 aromatic heterocycles. The maximum absolute atomic E-state index is 12.2. The standard InChI is InChI=1S/C20H17N3O5/c1-22-11-19(25)23(20(22)26)15-4-2-3-14(10-15)21-18(24)8-6-13-5-7-16-17(9-13)28-12-27-16/h2-10H,11-12H2,1H3,(H,21,24). The molecule has 2 aromatic rings. The van der Waals surface area contributed by atoms with Crippen LogP contribution in [0, 0.1) is 0 Å². The van der Waals surface area contributed by atoms with E-state index >= 15 is 0 Å². The highest BCUT2D eigenvalue weighted by molar-refractivity contribution is 6.20. The number of benzene rings is 2. The van der Waals surface area contributed by atoms with Gasteiger partial charge in [0, 0.05) is 18.8 Å².